The van der Waals surface area contributed by atoms with Crippen LogP contribution in [0.4, 0.5) is 0 Å². The molecule has 6 heteroatoms. The molecule has 1 saturated heterocycles. The van der Waals surface area contributed by atoms with E-state index in [1.165, 1.54) is 6.20 Å². The van der Waals surface area contributed by atoms with Crippen LogP contribution in [-0.2, 0) is 4.74 Å². The number of aliphatic hydroxyl groups excluding tert-OH is 2. The summed E-state index contributed by atoms with van der Waals surface area (Å²) >= 11 is 0. The minimum atomic E-state index is -0.965. The van der Waals surface area contributed by atoms with E-state index in [4.69, 9.17) is 4.74 Å². The molecular weight excluding hydrogens is 236 g/mol. The molecule has 0 spiro atoms. The van der Waals surface area contributed by atoms with Gasteiger partial charge in [0.25, 0.3) is 5.91 Å². The van der Waals surface area contributed by atoms with Crippen LogP contribution in [0.3, 0.4) is 0 Å². The summed E-state index contributed by atoms with van der Waals surface area (Å²) in [6.45, 7) is 0.539. The van der Waals surface area contributed by atoms with Crippen LogP contribution in [0.25, 0.3) is 0 Å². The number of carbonyl (C=O) groups is 1. The Morgan fingerprint density at radius 3 is 3.11 bits per heavy atom. The van der Waals surface area contributed by atoms with Gasteiger partial charge in [0.1, 0.15) is 12.2 Å². The first-order valence-electron chi connectivity index (χ1n) is 5.84. The van der Waals surface area contributed by atoms with Gasteiger partial charge >= 0.3 is 0 Å². The van der Waals surface area contributed by atoms with Gasteiger partial charge < -0.3 is 20.3 Å². The highest BCUT2D eigenvalue weighted by Crippen LogP contribution is 2.14. The number of nitrogens with zero attached hydrogens (tertiary/aromatic N) is 1. The van der Waals surface area contributed by atoms with Crippen molar-refractivity contribution in [1.82, 2.24) is 10.3 Å². The zero-order valence-electron chi connectivity index (χ0n) is 9.82. The first-order chi connectivity index (χ1) is 8.68. The molecule has 0 radical (unpaired) electrons. The van der Waals surface area contributed by atoms with Gasteiger partial charge in [0, 0.05) is 25.5 Å². The maximum Gasteiger partial charge on any atom is 0.252 e. The smallest absolute Gasteiger partial charge is 0.252 e. The van der Waals surface area contributed by atoms with Crippen molar-refractivity contribution in [2.24, 2.45) is 0 Å². The molecule has 1 amide bonds. The molecular formula is C12H16N2O4. The van der Waals surface area contributed by atoms with Crippen molar-refractivity contribution >= 4 is 5.91 Å². The second-order valence-electron chi connectivity index (χ2n) is 4.21. The number of hydrogen-bond acceptors (Lipinski definition) is 5. The van der Waals surface area contributed by atoms with Gasteiger partial charge in [-0.05, 0) is 18.6 Å². The molecule has 0 aliphatic carbocycles. The van der Waals surface area contributed by atoms with Crippen molar-refractivity contribution in [3.8, 4) is 0 Å². The Morgan fingerprint density at radius 2 is 2.39 bits per heavy atom. The molecule has 2 rings (SSSR count). The van der Waals surface area contributed by atoms with Crippen molar-refractivity contribution in [3.63, 3.8) is 0 Å². The summed E-state index contributed by atoms with van der Waals surface area (Å²) in [5, 5.41) is 21.8. The third kappa shape index (κ3) is 3.04. The number of aliphatic hydroxyl groups is 2. The summed E-state index contributed by atoms with van der Waals surface area (Å²) in [6.07, 6.45) is 1.12. The Labute approximate surface area is 105 Å². The first kappa shape index (κ1) is 12.9. The van der Waals surface area contributed by atoms with Crippen molar-refractivity contribution in [1.29, 1.82) is 0 Å². The van der Waals surface area contributed by atoms with E-state index < -0.39 is 18.3 Å². The Morgan fingerprint density at radius 1 is 1.56 bits per heavy atom. The Hall–Kier alpha value is -1.50. The monoisotopic (exact) mass is 252 g/mol. The van der Waals surface area contributed by atoms with E-state index in [1.54, 1.807) is 18.3 Å². The van der Waals surface area contributed by atoms with Gasteiger partial charge in [-0.1, -0.05) is 0 Å². The average molecular weight is 252 g/mol. The molecule has 18 heavy (non-hydrogen) atoms. The zero-order valence-corrected chi connectivity index (χ0v) is 9.82. The number of nitrogens with one attached hydrogen (secondary N) is 1. The Bertz CT molecular complexity index is 398. The highest BCUT2D eigenvalue weighted by molar-refractivity contribution is 5.93. The van der Waals surface area contributed by atoms with Crippen LogP contribution in [0.1, 0.15) is 16.8 Å². The lowest BCUT2D eigenvalue weighted by atomic mass is 10.0. The maximum atomic E-state index is 11.7. The summed E-state index contributed by atoms with van der Waals surface area (Å²) in [6, 6.07) is 3.32. The Balaban J connectivity index is 1.86. The SMILES string of the molecule is O=C(NCC1OCCC(O)C1O)c1cccnc1. The van der Waals surface area contributed by atoms with E-state index in [1.807, 2.05) is 0 Å². The molecule has 0 bridgehead atoms. The number of ether oxygens (including phenoxy) is 1. The molecule has 1 aliphatic rings. The van der Waals surface area contributed by atoms with Gasteiger partial charge in [-0.2, -0.15) is 0 Å². The van der Waals surface area contributed by atoms with Crippen LogP contribution in [0.2, 0.25) is 0 Å². The van der Waals surface area contributed by atoms with Crippen molar-refractivity contribution in [2.45, 2.75) is 24.7 Å². The van der Waals surface area contributed by atoms with E-state index in [-0.39, 0.29) is 12.5 Å². The minimum absolute atomic E-state index is 0.159. The molecule has 1 aromatic heterocycles. The highest BCUT2D eigenvalue weighted by Gasteiger charge is 2.31. The first-order valence-corrected chi connectivity index (χ1v) is 5.84. The molecule has 98 valence electrons. The highest BCUT2D eigenvalue weighted by atomic mass is 16.5. The van der Waals surface area contributed by atoms with Gasteiger partial charge in [-0.15, -0.1) is 0 Å². The normalized spacial score (nSPS) is 27.8. The maximum absolute atomic E-state index is 11.7. The predicted octanol–water partition coefficient (Wildman–Crippen LogP) is -0.678. The Kier molecular flexibility index (Phi) is 4.24. The number of rotatable bonds is 3. The molecule has 3 N–H and O–H groups in total. The molecule has 1 aromatic rings. The number of aromatic nitrogens is 1. The fraction of sp³-hybridized carbons (Fsp3) is 0.500. The van der Waals surface area contributed by atoms with Gasteiger partial charge in [-0.3, -0.25) is 9.78 Å². The molecule has 1 aliphatic heterocycles. The van der Waals surface area contributed by atoms with Crippen LogP contribution in [0.15, 0.2) is 24.5 Å². The standard InChI is InChI=1S/C12H16N2O4/c15-9-3-5-18-10(11(9)16)7-14-12(17)8-2-1-4-13-6-8/h1-2,4,6,9-11,15-16H,3,5,7H2,(H,14,17). The zero-order chi connectivity index (χ0) is 13.0. The quantitative estimate of drug-likeness (QED) is 0.663. The molecule has 0 saturated carbocycles. The van der Waals surface area contributed by atoms with Crippen molar-refractivity contribution < 1.29 is 19.7 Å². The summed E-state index contributed by atoms with van der Waals surface area (Å²) in [7, 11) is 0. The third-order valence-electron chi connectivity index (χ3n) is 2.91. The van der Waals surface area contributed by atoms with Crippen LogP contribution >= 0.6 is 0 Å². The van der Waals surface area contributed by atoms with E-state index in [2.05, 4.69) is 10.3 Å². The van der Waals surface area contributed by atoms with E-state index in [0.717, 1.165) is 0 Å². The van der Waals surface area contributed by atoms with Crippen molar-refractivity contribution in [2.75, 3.05) is 13.2 Å². The van der Waals surface area contributed by atoms with Gasteiger partial charge in [0.2, 0.25) is 0 Å². The third-order valence-corrected chi connectivity index (χ3v) is 2.91. The van der Waals surface area contributed by atoms with Crippen LogP contribution in [0.5, 0.6) is 0 Å². The fourth-order valence-corrected chi connectivity index (χ4v) is 1.83. The summed E-state index contributed by atoms with van der Waals surface area (Å²) in [5.74, 6) is -0.279. The van der Waals surface area contributed by atoms with E-state index >= 15 is 0 Å². The van der Waals surface area contributed by atoms with Crippen LogP contribution in [-0.4, -0.2) is 52.6 Å². The lowest BCUT2D eigenvalue weighted by Crippen LogP contribution is -2.49. The summed E-state index contributed by atoms with van der Waals surface area (Å²) in [4.78, 5) is 15.6. The summed E-state index contributed by atoms with van der Waals surface area (Å²) in [5.41, 5.74) is 0.448. The fourth-order valence-electron chi connectivity index (χ4n) is 1.83. The van der Waals surface area contributed by atoms with Crippen LogP contribution < -0.4 is 5.32 Å². The summed E-state index contributed by atoms with van der Waals surface area (Å²) < 4.78 is 5.31. The van der Waals surface area contributed by atoms with Gasteiger partial charge in [-0.25, -0.2) is 0 Å². The number of hydrogen-bond donors (Lipinski definition) is 3. The van der Waals surface area contributed by atoms with Crippen molar-refractivity contribution in [3.05, 3.63) is 30.1 Å². The average Bonchev–Trinajstić information content (AvgIpc) is 2.41. The number of pyridine rings is 1. The van der Waals surface area contributed by atoms with E-state index in [9.17, 15) is 15.0 Å². The second kappa shape index (κ2) is 5.90. The lowest BCUT2D eigenvalue weighted by molar-refractivity contribution is -0.132. The molecule has 6 nitrogen and oxygen atoms in total. The predicted molar refractivity (Wildman–Crippen MR) is 62.9 cm³/mol. The number of carbonyl (C=O) groups excluding carboxylic acids is 1. The minimum Gasteiger partial charge on any atom is -0.390 e. The largest absolute Gasteiger partial charge is 0.390 e. The molecule has 3 atom stereocenters. The van der Waals surface area contributed by atoms with Crippen LogP contribution in [0, 0.1) is 0 Å². The molecule has 2 heterocycles. The second-order valence-corrected chi connectivity index (χ2v) is 4.21. The lowest BCUT2D eigenvalue weighted by Gasteiger charge is -2.32. The van der Waals surface area contributed by atoms with E-state index in [0.29, 0.717) is 18.6 Å². The molecule has 1 fully saturated rings. The number of amides is 1. The molecule has 0 aromatic carbocycles. The molecule has 3 unspecified atom stereocenters. The topological polar surface area (TPSA) is 91.7 Å². The van der Waals surface area contributed by atoms with Gasteiger partial charge in [0.05, 0.1) is 11.7 Å². The van der Waals surface area contributed by atoms with Gasteiger partial charge in [0.15, 0.2) is 0 Å².